The van der Waals surface area contributed by atoms with Crippen molar-refractivity contribution >= 4 is 34.2 Å². The van der Waals surface area contributed by atoms with E-state index in [1.807, 2.05) is 23.9 Å². The lowest BCUT2D eigenvalue weighted by molar-refractivity contribution is 0.533. The fourth-order valence-corrected chi connectivity index (χ4v) is 2.53. The van der Waals surface area contributed by atoms with Crippen molar-refractivity contribution in [2.45, 2.75) is 25.9 Å². The third kappa shape index (κ3) is 3.46. The Labute approximate surface area is 131 Å². The van der Waals surface area contributed by atoms with Crippen molar-refractivity contribution in [2.24, 2.45) is 0 Å². The molecule has 19 heavy (non-hydrogen) atoms. The van der Waals surface area contributed by atoms with E-state index >= 15 is 0 Å². The molecule has 1 atom stereocenters. The molecule has 1 unspecified atom stereocenters. The number of hydrogen-bond acceptors (Lipinski definition) is 3. The van der Waals surface area contributed by atoms with Gasteiger partial charge in [-0.2, -0.15) is 5.10 Å². The summed E-state index contributed by atoms with van der Waals surface area (Å²) >= 11 is 8.42. The Morgan fingerprint density at radius 2 is 2.26 bits per heavy atom. The highest BCUT2D eigenvalue weighted by Crippen LogP contribution is 2.24. The number of hydrogen-bond donors (Lipinski definition) is 1. The smallest absolute Gasteiger partial charge is 0.138 e. The molecule has 1 aromatic carbocycles. The Balaban J connectivity index is 2.22. The van der Waals surface area contributed by atoms with Crippen LogP contribution in [0.25, 0.3) is 0 Å². The van der Waals surface area contributed by atoms with E-state index in [4.69, 9.17) is 11.6 Å². The van der Waals surface area contributed by atoms with Crippen LogP contribution in [-0.4, -0.2) is 21.8 Å². The van der Waals surface area contributed by atoms with Crippen LogP contribution in [0.15, 0.2) is 24.5 Å². The first-order chi connectivity index (χ1) is 9.15. The monoisotopic (exact) mass is 390 g/mol. The van der Waals surface area contributed by atoms with E-state index in [-0.39, 0.29) is 6.04 Å². The molecule has 102 valence electrons. The van der Waals surface area contributed by atoms with Gasteiger partial charge in [-0.25, -0.2) is 4.98 Å². The second kappa shape index (κ2) is 6.67. The van der Waals surface area contributed by atoms with Gasteiger partial charge in [0.05, 0.1) is 5.02 Å². The Bertz CT molecular complexity index is 555. The Morgan fingerprint density at radius 3 is 2.89 bits per heavy atom. The molecule has 2 rings (SSSR count). The standard InChI is InChI=1S/C13H16ClIN4/c1-3-19-13(17-8-18-19)7-12(16-2)9-4-5-11(15)10(14)6-9/h4-6,8,12,16H,3,7H2,1-2H3. The number of benzene rings is 1. The SMILES string of the molecule is CCn1ncnc1CC(NC)c1ccc(I)c(Cl)c1. The fourth-order valence-electron chi connectivity index (χ4n) is 2.01. The van der Waals surface area contributed by atoms with Crippen LogP contribution in [0.3, 0.4) is 0 Å². The molecule has 1 N–H and O–H groups in total. The first-order valence-electron chi connectivity index (χ1n) is 6.14. The number of aryl methyl sites for hydroxylation is 1. The van der Waals surface area contributed by atoms with Crippen LogP contribution < -0.4 is 5.32 Å². The van der Waals surface area contributed by atoms with E-state index in [0.717, 1.165) is 27.4 Å². The van der Waals surface area contributed by atoms with Gasteiger partial charge in [0.1, 0.15) is 12.2 Å². The van der Waals surface area contributed by atoms with Gasteiger partial charge in [-0.1, -0.05) is 17.7 Å². The zero-order valence-corrected chi connectivity index (χ0v) is 13.8. The van der Waals surface area contributed by atoms with Gasteiger partial charge < -0.3 is 5.32 Å². The van der Waals surface area contributed by atoms with Gasteiger partial charge in [-0.05, 0) is 54.3 Å². The number of likely N-dealkylation sites (N-methyl/N-ethyl adjacent to an activating group) is 1. The Morgan fingerprint density at radius 1 is 1.47 bits per heavy atom. The number of nitrogens with zero attached hydrogens (tertiary/aromatic N) is 3. The number of rotatable bonds is 5. The van der Waals surface area contributed by atoms with Crippen LogP contribution in [0.4, 0.5) is 0 Å². The molecule has 0 saturated carbocycles. The van der Waals surface area contributed by atoms with Crippen molar-refractivity contribution < 1.29 is 0 Å². The van der Waals surface area contributed by atoms with E-state index in [2.05, 4.69) is 51.0 Å². The minimum absolute atomic E-state index is 0.184. The second-order valence-electron chi connectivity index (χ2n) is 4.21. The largest absolute Gasteiger partial charge is 0.313 e. The lowest BCUT2D eigenvalue weighted by Gasteiger charge is -2.17. The minimum atomic E-state index is 0.184. The average molecular weight is 391 g/mol. The third-order valence-electron chi connectivity index (χ3n) is 3.08. The third-order valence-corrected chi connectivity index (χ3v) is 4.65. The van der Waals surface area contributed by atoms with Crippen LogP contribution in [0, 0.1) is 3.57 Å². The van der Waals surface area contributed by atoms with Crippen molar-refractivity contribution in [1.82, 2.24) is 20.1 Å². The molecular formula is C13H16ClIN4. The molecule has 0 aliphatic heterocycles. The van der Waals surface area contributed by atoms with Crippen molar-refractivity contribution in [3.8, 4) is 0 Å². The maximum atomic E-state index is 6.19. The van der Waals surface area contributed by atoms with Gasteiger partial charge >= 0.3 is 0 Å². The molecule has 0 aliphatic rings. The van der Waals surface area contributed by atoms with E-state index < -0.39 is 0 Å². The zero-order chi connectivity index (χ0) is 13.8. The molecule has 6 heteroatoms. The summed E-state index contributed by atoms with van der Waals surface area (Å²) in [4.78, 5) is 4.32. The topological polar surface area (TPSA) is 42.7 Å². The fraction of sp³-hybridized carbons (Fsp3) is 0.385. The van der Waals surface area contributed by atoms with Gasteiger partial charge in [0.25, 0.3) is 0 Å². The van der Waals surface area contributed by atoms with Crippen LogP contribution in [0.2, 0.25) is 5.02 Å². The van der Waals surface area contributed by atoms with Crippen LogP contribution in [0.1, 0.15) is 24.4 Å². The minimum Gasteiger partial charge on any atom is -0.313 e. The molecule has 0 amide bonds. The molecule has 0 saturated heterocycles. The average Bonchev–Trinajstić information content (AvgIpc) is 2.86. The first kappa shape index (κ1) is 14.7. The predicted octanol–water partition coefficient (Wildman–Crippen LogP) is 3.06. The van der Waals surface area contributed by atoms with Crippen LogP contribution >= 0.6 is 34.2 Å². The van der Waals surface area contributed by atoms with E-state index in [1.165, 1.54) is 5.56 Å². The maximum Gasteiger partial charge on any atom is 0.138 e. The quantitative estimate of drug-likeness (QED) is 0.798. The second-order valence-corrected chi connectivity index (χ2v) is 5.78. The highest BCUT2D eigenvalue weighted by molar-refractivity contribution is 14.1. The normalized spacial score (nSPS) is 12.6. The van der Waals surface area contributed by atoms with Crippen molar-refractivity contribution in [3.63, 3.8) is 0 Å². The van der Waals surface area contributed by atoms with Crippen molar-refractivity contribution in [2.75, 3.05) is 7.05 Å². The van der Waals surface area contributed by atoms with Crippen molar-refractivity contribution in [3.05, 3.63) is 44.5 Å². The lowest BCUT2D eigenvalue weighted by Crippen LogP contribution is -2.21. The molecule has 0 bridgehead atoms. The summed E-state index contributed by atoms with van der Waals surface area (Å²) in [7, 11) is 1.95. The highest BCUT2D eigenvalue weighted by Gasteiger charge is 2.14. The summed E-state index contributed by atoms with van der Waals surface area (Å²) in [6.07, 6.45) is 2.40. The summed E-state index contributed by atoms with van der Waals surface area (Å²) in [5.74, 6) is 0.983. The molecule has 0 fully saturated rings. The van der Waals surface area contributed by atoms with E-state index in [0.29, 0.717) is 0 Å². The van der Waals surface area contributed by atoms with E-state index in [9.17, 15) is 0 Å². The number of nitrogens with one attached hydrogen (secondary N) is 1. The molecule has 0 spiro atoms. The molecule has 0 aliphatic carbocycles. The summed E-state index contributed by atoms with van der Waals surface area (Å²) < 4.78 is 2.98. The highest BCUT2D eigenvalue weighted by atomic mass is 127. The molecule has 4 nitrogen and oxygen atoms in total. The van der Waals surface area contributed by atoms with Gasteiger partial charge in [0.2, 0.25) is 0 Å². The summed E-state index contributed by atoms with van der Waals surface area (Å²) in [6, 6.07) is 6.33. The number of aromatic nitrogens is 3. The van der Waals surface area contributed by atoms with E-state index in [1.54, 1.807) is 6.33 Å². The van der Waals surface area contributed by atoms with Gasteiger partial charge in [-0.3, -0.25) is 4.68 Å². The number of halogens is 2. The van der Waals surface area contributed by atoms with Gasteiger partial charge in [0, 0.05) is 22.6 Å². The van der Waals surface area contributed by atoms with Gasteiger partial charge in [-0.15, -0.1) is 0 Å². The molecule has 1 aromatic heterocycles. The maximum absolute atomic E-state index is 6.19. The van der Waals surface area contributed by atoms with Crippen LogP contribution in [-0.2, 0) is 13.0 Å². The van der Waals surface area contributed by atoms with Crippen LogP contribution in [0.5, 0.6) is 0 Å². The summed E-state index contributed by atoms with van der Waals surface area (Å²) in [6.45, 7) is 2.90. The zero-order valence-electron chi connectivity index (χ0n) is 10.9. The predicted molar refractivity (Wildman–Crippen MR) is 85.4 cm³/mol. The Hall–Kier alpha value is -0.660. The molecule has 0 radical (unpaired) electrons. The molecular weight excluding hydrogens is 375 g/mol. The molecule has 1 heterocycles. The Kier molecular flexibility index (Phi) is 5.18. The first-order valence-corrected chi connectivity index (χ1v) is 7.60. The molecule has 2 aromatic rings. The van der Waals surface area contributed by atoms with Crippen molar-refractivity contribution in [1.29, 1.82) is 0 Å². The summed E-state index contributed by atoms with van der Waals surface area (Å²) in [5.41, 5.74) is 1.17. The summed E-state index contributed by atoms with van der Waals surface area (Å²) in [5, 5.41) is 8.30. The van der Waals surface area contributed by atoms with Gasteiger partial charge in [0.15, 0.2) is 0 Å². The lowest BCUT2D eigenvalue weighted by atomic mass is 10.0.